The SMILES string of the molecule is Cc1cccc(C)c1OC(=O)Nc1ccc2c(c1)C1(C)CCN(C)C1N2C. The summed E-state index contributed by atoms with van der Waals surface area (Å²) in [6, 6.07) is 12.0. The van der Waals surface area contributed by atoms with Crippen molar-refractivity contribution in [2.24, 2.45) is 0 Å². The highest BCUT2D eigenvalue weighted by atomic mass is 16.6. The molecular formula is C22H27N3O2. The Balaban J connectivity index is 1.57. The van der Waals surface area contributed by atoms with Gasteiger partial charge in [0.2, 0.25) is 0 Å². The fourth-order valence-electron chi connectivity index (χ4n) is 4.85. The van der Waals surface area contributed by atoms with Gasteiger partial charge >= 0.3 is 6.09 Å². The number of para-hydroxylation sites is 1. The summed E-state index contributed by atoms with van der Waals surface area (Å²) >= 11 is 0. The molecule has 27 heavy (non-hydrogen) atoms. The van der Waals surface area contributed by atoms with Crippen LogP contribution in [0, 0.1) is 13.8 Å². The van der Waals surface area contributed by atoms with Crippen LogP contribution in [0.4, 0.5) is 16.2 Å². The average Bonchev–Trinajstić information content (AvgIpc) is 3.04. The molecule has 2 aromatic rings. The first-order valence-electron chi connectivity index (χ1n) is 9.44. The van der Waals surface area contributed by atoms with E-state index in [1.54, 1.807) is 0 Å². The van der Waals surface area contributed by atoms with E-state index in [1.165, 1.54) is 11.3 Å². The van der Waals surface area contributed by atoms with Crippen LogP contribution in [0.3, 0.4) is 0 Å². The van der Waals surface area contributed by atoms with Gasteiger partial charge in [-0.25, -0.2) is 4.79 Å². The van der Waals surface area contributed by atoms with E-state index in [-0.39, 0.29) is 5.41 Å². The average molecular weight is 365 g/mol. The van der Waals surface area contributed by atoms with Crippen molar-refractivity contribution in [1.29, 1.82) is 0 Å². The maximum atomic E-state index is 12.5. The number of amides is 1. The Morgan fingerprint density at radius 2 is 1.89 bits per heavy atom. The van der Waals surface area contributed by atoms with Crippen molar-refractivity contribution >= 4 is 17.5 Å². The van der Waals surface area contributed by atoms with E-state index in [9.17, 15) is 4.79 Å². The van der Waals surface area contributed by atoms with Gasteiger partial charge in [-0.3, -0.25) is 10.2 Å². The number of hydrogen-bond donors (Lipinski definition) is 1. The van der Waals surface area contributed by atoms with Crippen molar-refractivity contribution < 1.29 is 9.53 Å². The molecule has 0 spiro atoms. The lowest BCUT2D eigenvalue weighted by molar-refractivity contribution is 0.214. The van der Waals surface area contributed by atoms with E-state index in [0.717, 1.165) is 29.8 Å². The molecule has 0 radical (unpaired) electrons. The number of rotatable bonds is 2. The number of likely N-dealkylation sites (N-methyl/N-ethyl adjacent to an activating group) is 2. The number of benzene rings is 2. The molecule has 2 aliphatic rings. The summed E-state index contributed by atoms with van der Waals surface area (Å²) in [4.78, 5) is 17.2. The number of nitrogens with zero attached hydrogens (tertiary/aromatic N) is 2. The van der Waals surface area contributed by atoms with Gasteiger partial charge in [0, 0.05) is 30.4 Å². The lowest BCUT2D eigenvalue weighted by Gasteiger charge is -2.32. The molecule has 2 heterocycles. The van der Waals surface area contributed by atoms with E-state index in [4.69, 9.17) is 4.74 Å². The predicted octanol–water partition coefficient (Wildman–Crippen LogP) is 4.28. The lowest BCUT2D eigenvalue weighted by atomic mass is 9.81. The zero-order valence-corrected chi connectivity index (χ0v) is 16.7. The van der Waals surface area contributed by atoms with Crippen LogP contribution in [0.5, 0.6) is 5.75 Å². The molecule has 0 saturated carbocycles. The molecule has 1 N–H and O–H groups in total. The van der Waals surface area contributed by atoms with Crippen LogP contribution < -0.4 is 15.0 Å². The summed E-state index contributed by atoms with van der Waals surface area (Å²) in [7, 11) is 4.33. The van der Waals surface area contributed by atoms with Crippen molar-refractivity contribution in [2.75, 3.05) is 30.9 Å². The third-order valence-electron chi connectivity index (χ3n) is 6.18. The van der Waals surface area contributed by atoms with Gasteiger partial charge in [0.25, 0.3) is 0 Å². The van der Waals surface area contributed by atoms with Crippen LogP contribution >= 0.6 is 0 Å². The van der Waals surface area contributed by atoms with Crippen molar-refractivity contribution in [3.63, 3.8) is 0 Å². The van der Waals surface area contributed by atoms with Crippen LogP contribution in [0.2, 0.25) is 0 Å². The summed E-state index contributed by atoms with van der Waals surface area (Å²) in [6.07, 6.45) is 1.02. The second-order valence-electron chi connectivity index (χ2n) is 8.10. The molecule has 1 saturated heterocycles. The number of carbonyl (C=O) groups excluding carboxylic acids is 1. The third kappa shape index (κ3) is 2.77. The van der Waals surface area contributed by atoms with Gasteiger partial charge in [0.1, 0.15) is 5.75 Å². The molecule has 1 amide bonds. The fourth-order valence-corrected chi connectivity index (χ4v) is 4.85. The number of nitrogens with one attached hydrogen (secondary N) is 1. The second-order valence-corrected chi connectivity index (χ2v) is 8.10. The number of likely N-dealkylation sites (tertiary alicyclic amines) is 1. The number of ether oxygens (including phenoxy) is 1. The van der Waals surface area contributed by atoms with Gasteiger partial charge in [0.05, 0.1) is 6.17 Å². The normalized spacial score (nSPS) is 23.9. The highest BCUT2D eigenvalue weighted by Gasteiger charge is 2.52. The van der Waals surface area contributed by atoms with Gasteiger partial charge in [-0.2, -0.15) is 0 Å². The van der Waals surface area contributed by atoms with E-state index >= 15 is 0 Å². The van der Waals surface area contributed by atoms with Gasteiger partial charge in [-0.1, -0.05) is 25.1 Å². The van der Waals surface area contributed by atoms with E-state index in [1.807, 2.05) is 38.1 Å². The highest BCUT2D eigenvalue weighted by molar-refractivity contribution is 5.87. The highest BCUT2D eigenvalue weighted by Crippen LogP contribution is 2.51. The first-order valence-corrected chi connectivity index (χ1v) is 9.44. The first-order chi connectivity index (χ1) is 12.8. The van der Waals surface area contributed by atoms with Crippen molar-refractivity contribution in [1.82, 2.24) is 4.90 Å². The maximum absolute atomic E-state index is 12.5. The topological polar surface area (TPSA) is 44.8 Å². The van der Waals surface area contributed by atoms with Crippen molar-refractivity contribution in [3.05, 3.63) is 53.1 Å². The fraction of sp³-hybridized carbons (Fsp3) is 0.409. The van der Waals surface area contributed by atoms with E-state index < -0.39 is 6.09 Å². The minimum absolute atomic E-state index is 0.0764. The van der Waals surface area contributed by atoms with E-state index in [2.05, 4.69) is 48.3 Å². The quantitative estimate of drug-likeness (QED) is 0.863. The van der Waals surface area contributed by atoms with Crippen LogP contribution in [-0.2, 0) is 5.41 Å². The summed E-state index contributed by atoms with van der Waals surface area (Å²) in [5, 5.41) is 2.90. The zero-order chi connectivity index (χ0) is 19.3. The monoisotopic (exact) mass is 365 g/mol. The smallest absolute Gasteiger partial charge is 0.410 e. The standard InChI is InChI=1S/C22H27N3O2/c1-14-7-6-8-15(2)19(14)27-21(26)23-16-9-10-18-17(13-16)22(3)11-12-24(4)20(22)25(18)5/h6-10,13,20H,11-12H2,1-5H3,(H,23,26). The Bertz CT molecular complexity index is 890. The number of fused-ring (bicyclic) bond motifs is 3. The van der Waals surface area contributed by atoms with Gasteiger partial charge < -0.3 is 9.64 Å². The molecule has 5 nitrogen and oxygen atoms in total. The molecule has 2 atom stereocenters. The third-order valence-corrected chi connectivity index (χ3v) is 6.18. The molecule has 142 valence electrons. The van der Waals surface area contributed by atoms with Gasteiger partial charge in [-0.15, -0.1) is 0 Å². The molecule has 2 aliphatic heterocycles. The summed E-state index contributed by atoms with van der Waals surface area (Å²) in [5.41, 5.74) is 5.28. The van der Waals surface area contributed by atoms with Crippen LogP contribution in [-0.4, -0.2) is 37.8 Å². The second kappa shape index (κ2) is 6.27. The van der Waals surface area contributed by atoms with Crippen molar-refractivity contribution in [2.45, 2.75) is 38.8 Å². The van der Waals surface area contributed by atoms with Crippen LogP contribution in [0.25, 0.3) is 0 Å². The molecular weight excluding hydrogens is 338 g/mol. The minimum atomic E-state index is -0.455. The van der Waals surface area contributed by atoms with Crippen LogP contribution in [0.15, 0.2) is 36.4 Å². The first kappa shape index (κ1) is 17.9. The molecule has 0 aliphatic carbocycles. The van der Waals surface area contributed by atoms with Gasteiger partial charge in [-0.05, 0) is 62.2 Å². The molecule has 1 fully saturated rings. The molecule has 0 bridgehead atoms. The molecule has 0 aromatic heterocycles. The molecule has 2 unspecified atom stereocenters. The van der Waals surface area contributed by atoms with Gasteiger partial charge in [0.15, 0.2) is 0 Å². The Morgan fingerprint density at radius 3 is 2.59 bits per heavy atom. The maximum Gasteiger partial charge on any atom is 0.417 e. The largest absolute Gasteiger partial charge is 0.417 e. The zero-order valence-electron chi connectivity index (χ0n) is 16.7. The summed E-state index contributed by atoms with van der Waals surface area (Å²) < 4.78 is 5.58. The summed E-state index contributed by atoms with van der Waals surface area (Å²) in [6.45, 7) is 7.29. The number of anilines is 2. The number of carbonyl (C=O) groups is 1. The van der Waals surface area contributed by atoms with Crippen molar-refractivity contribution in [3.8, 4) is 5.75 Å². The Morgan fingerprint density at radius 1 is 1.19 bits per heavy atom. The minimum Gasteiger partial charge on any atom is -0.410 e. The Kier molecular flexibility index (Phi) is 4.15. The molecule has 5 heteroatoms. The predicted molar refractivity (Wildman–Crippen MR) is 109 cm³/mol. The van der Waals surface area contributed by atoms with E-state index in [0.29, 0.717) is 11.9 Å². The summed E-state index contributed by atoms with van der Waals surface area (Å²) in [5.74, 6) is 0.625. The Labute approximate surface area is 160 Å². The number of hydrogen-bond acceptors (Lipinski definition) is 4. The van der Waals surface area contributed by atoms with Crippen LogP contribution in [0.1, 0.15) is 30.0 Å². The molecule has 4 rings (SSSR count). The number of aryl methyl sites for hydroxylation is 2. The Hall–Kier alpha value is -2.53. The lowest BCUT2D eigenvalue weighted by Crippen LogP contribution is -2.45. The molecule has 2 aromatic carbocycles.